The van der Waals surface area contributed by atoms with E-state index in [-0.39, 0.29) is 24.0 Å². The van der Waals surface area contributed by atoms with Crippen molar-refractivity contribution in [1.82, 2.24) is 30.1 Å². The quantitative estimate of drug-likeness (QED) is 0.417. The van der Waals surface area contributed by atoms with E-state index in [0.717, 1.165) is 30.5 Å². The Balaban J connectivity index is 0.00000208. The Morgan fingerprint density at radius 3 is 2.96 bits per heavy atom. The molecule has 0 bridgehead atoms. The summed E-state index contributed by atoms with van der Waals surface area (Å²) in [6.07, 6.45) is 4.49. The molecule has 24 heavy (non-hydrogen) atoms. The number of nitrogens with one attached hydrogen (secondary N) is 2. The molecule has 0 saturated carbocycles. The van der Waals surface area contributed by atoms with Crippen molar-refractivity contribution < 1.29 is 0 Å². The molecular weight excluding hydrogens is 417 g/mol. The highest BCUT2D eigenvalue weighted by molar-refractivity contribution is 14.0. The number of aliphatic imine (C=N–C) groups is 1. The molecular formula is C16H26IN7. The van der Waals surface area contributed by atoms with Gasteiger partial charge in [0.25, 0.3) is 0 Å². The minimum atomic E-state index is 0. The third kappa shape index (κ3) is 4.56. The Morgan fingerprint density at radius 2 is 2.21 bits per heavy atom. The van der Waals surface area contributed by atoms with Crippen LogP contribution in [0.15, 0.2) is 29.4 Å². The Bertz CT molecular complexity index is 669. The molecule has 0 spiro atoms. The fourth-order valence-electron chi connectivity index (χ4n) is 2.94. The minimum Gasteiger partial charge on any atom is -0.357 e. The summed E-state index contributed by atoms with van der Waals surface area (Å²) < 4.78 is 1.97. The summed E-state index contributed by atoms with van der Waals surface area (Å²) in [7, 11) is 2.19. The predicted octanol–water partition coefficient (Wildman–Crippen LogP) is 1.50. The zero-order valence-corrected chi connectivity index (χ0v) is 16.6. The standard InChI is InChI=1S/C16H25N7.HI/c1-3-17-16(18-11-13-7-6-9-22(13)2)19-12-15-21-20-14-8-4-5-10-23(14)15;/h4-5,8,10,13H,3,6-7,9,11-12H2,1-2H3,(H2,17,18,19);1H. The zero-order valence-electron chi connectivity index (χ0n) is 14.3. The van der Waals surface area contributed by atoms with E-state index in [2.05, 4.69) is 44.7 Å². The van der Waals surface area contributed by atoms with Gasteiger partial charge in [0.15, 0.2) is 17.4 Å². The van der Waals surface area contributed by atoms with Crippen LogP contribution in [-0.4, -0.2) is 58.2 Å². The average molecular weight is 443 g/mol. The summed E-state index contributed by atoms with van der Waals surface area (Å²) in [5.41, 5.74) is 0.850. The Labute approximate surface area is 159 Å². The topological polar surface area (TPSA) is 69.8 Å². The Hall–Kier alpha value is -1.42. The van der Waals surface area contributed by atoms with Gasteiger partial charge in [-0.2, -0.15) is 0 Å². The van der Waals surface area contributed by atoms with Crippen LogP contribution in [0.1, 0.15) is 25.6 Å². The van der Waals surface area contributed by atoms with Gasteiger partial charge in [-0.25, -0.2) is 4.99 Å². The average Bonchev–Trinajstić information content (AvgIpc) is 3.16. The van der Waals surface area contributed by atoms with Gasteiger partial charge in [0.05, 0.1) is 0 Å². The van der Waals surface area contributed by atoms with Crippen LogP contribution in [0.4, 0.5) is 0 Å². The van der Waals surface area contributed by atoms with Crippen LogP contribution in [0.2, 0.25) is 0 Å². The van der Waals surface area contributed by atoms with Crippen LogP contribution < -0.4 is 10.6 Å². The van der Waals surface area contributed by atoms with Gasteiger partial charge >= 0.3 is 0 Å². The summed E-state index contributed by atoms with van der Waals surface area (Å²) >= 11 is 0. The molecule has 2 N–H and O–H groups in total. The molecule has 1 fully saturated rings. The lowest BCUT2D eigenvalue weighted by molar-refractivity contribution is 0.309. The molecule has 2 aromatic heterocycles. The molecule has 0 radical (unpaired) electrons. The largest absolute Gasteiger partial charge is 0.357 e. The van der Waals surface area contributed by atoms with Crippen molar-refractivity contribution in [3.8, 4) is 0 Å². The SMILES string of the molecule is CCNC(=NCc1nnc2ccccn12)NCC1CCCN1C.I. The molecule has 132 valence electrons. The van der Waals surface area contributed by atoms with Gasteiger partial charge in [0, 0.05) is 25.3 Å². The van der Waals surface area contributed by atoms with Crippen molar-refractivity contribution >= 4 is 35.6 Å². The number of halogens is 1. The first-order valence-corrected chi connectivity index (χ1v) is 8.29. The lowest BCUT2D eigenvalue weighted by atomic mass is 10.2. The first-order valence-electron chi connectivity index (χ1n) is 8.29. The van der Waals surface area contributed by atoms with E-state index in [0.29, 0.717) is 12.6 Å². The smallest absolute Gasteiger partial charge is 0.191 e. The molecule has 1 atom stereocenters. The van der Waals surface area contributed by atoms with Crippen molar-refractivity contribution in [3.05, 3.63) is 30.2 Å². The van der Waals surface area contributed by atoms with Crippen LogP contribution in [0.3, 0.4) is 0 Å². The third-order valence-electron chi connectivity index (χ3n) is 4.28. The second-order valence-corrected chi connectivity index (χ2v) is 5.90. The molecule has 0 amide bonds. The van der Waals surface area contributed by atoms with Crippen molar-refractivity contribution in [2.75, 3.05) is 26.7 Å². The number of hydrogen-bond acceptors (Lipinski definition) is 4. The number of likely N-dealkylation sites (N-methyl/N-ethyl adjacent to an activating group) is 1. The molecule has 3 heterocycles. The molecule has 0 aliphatic carbocycles. The van der Waals surface area contributed by atoms with Gasteiger partial charge in [-0.1, -0.05) is 6.07 Å². The number of hydrogen-bond donors (Lipinski definition) is 2. The maximum atomic E-state index is 4.64. The number of nitrogens with zero attached hydrogens (tertiary/aromatic N) is 5. The van der Waals surface area contributed by atoms with Crippen molar-refractivity contribution in [1.29, 1.82) is 0 Å². The van der Waals surface area contributed by atoms with E-state index in [1.54, 1.807) is 0 Å². The van der Waals surface area contributed by atoms with Gasteiger partial charge in [-0.15, -0.1) is 34.2 Å². The van der Waals surface area contributed by atoms with Crippen LogP contribution in [0.25, 0.3) is 5.65 Å². The monoisotopic (exact) mass is 443 g/mol. The van der Waals surface area contributed by atoms with E-state index < -0.39 is 0 Å². The lowest BCUT2D eigenvalue weighted by Crippen LogP contribution is -2.44. The van der Waals surface area contributed by atoms with Gasteiger partial charge in [0.1, 0.15) is 6.54 Å². The zero-order chi connectivity index (χ0) is 16.1. The summed E-state index contributed by atoms with van der Waals surface area (Å²) in [5.74, 6) is 1.68. The summed E-state index contributed by atoms with van der Waals surface area (Å²) in [6.45, 7) is 5.52. The highest BCUT2D eigenvalue weighted by Crippen LogP contribution is 2.13. The number of guanidine groups is 1. The van der Waals surface area contributed by atoms with E-state index in [4.69, 9.17) is 0 Å². The number of fused-ring (bicyclic) bond motifs is 1. The molecule has 0 aromatic carbocycles. The number of likely N-dealkylation sites (tertiary alicyclic amines) is 1. The maximum Gasteiger partial charge on any atom is 0.191 e. The van der Waals surface area contributed by atoms with E-state index >= 15 is 0 Å². The van der Waals surface area contributed by atoms with Gasteiger partial charge in [-0.05, 0) is 45.5 Å². The summed E-state index contributed by atoms with van der Waals surface area (Å²) in [5, 5.41) is 15.1. The molecule has 8 heteroatoms. The van der Waals surface area contributed by atoms with Crippen LogP contribution in [0, 0.1) is 0 Å². The van der Waals surface area contributed by atoms with Crippen LogP contribution in [0.5, 0.6) is 0 Å². The highest BCUT2D eigenvalue weighted by Gasteiger charge is 2.20. The van der Waals surface area contributed by atoms with E-state index in [1.807, 2.05) is 28.8 Å². The molecule has 1 aliphatic rings. The summed E-state index contributed by atoms with van der Waals surface area (Å²) in [6, 6.07) is 6.47. The van der Waals surface area contributed by atoms with Crippen molar-refractivity contribution in [3.63, 3.8) is 0 Å². The fraction of sp³-hybridized carbons (Fsp3) is 0.562. The molecule has 7 nitrogen and oxygen atoms in total. The normalized spacial score (nSPS) is 18.6. The molecule has 1 aliphatic heterocycles. The lowest BCUT2D eigenvalue weighted by Gasteiger charge is -2.21. The summed E-state index contributed by atoms with van der Waals surface area (Å²) in [4.78, 5) is 7.05. The number of rotatable bonds is 5. The molecule has 1 saturated heterocycles. The first-order chi connectivity index (χ1) is 11.3. The minimum absolute atomic E-state index is 0. The molecule has 1 unspecified atom stereocenters. The fourth-order valence-corrected chi connectivity index (χ4v) is 2.94. The van der Waals surface area contributed by atoms with E-state index in [1.165, 1.54) is 19.4 Å². The van der Waals surface area contributed by atoms with E-state index in [9.17, 15) is 0 Å². The highest BCUT2D eigenvalue weighted by atomic mass is 127. The Kier molecular flexibility index (Phi) is 7.22. The third-order valence-corrected chi connectivity index (χ3v) is 4.28. The molecule has 2 aromatic rings. The molecule has 3 rings (SSSR count). The van der Waals surface area contributed by atoms with Gasteiger partial charge in [0.2, 0.25) is 0 Å². The van der Waals surface area contributed by atoms with Gasteiger partial charge < -0.3 is 15.5 Å². The first kappa shape index (κ1) is 18.9. The van der Waals surface area contributed by atoms with Crippen molar-refractivity contribution in [2.45, 2.75) is 32.4 Å². The van der Waals surface area contributed by atoms with Crippen molar-refractivity contribution in [2.24, 2.45) is 4.99 Å². The maximum absolute atomic E-state index is 4.64. The second-order valence-electron chi connectivity index (χ2n) is 5.90. The number of aromatic nitrogens is 3. The predicted molar refractivity (Wildman–Crippen MR) is 107 cm³/mol. The Morgan fingerprint density at radius 1 is 1.33 bits per heavy atom. The van der Waals surface area contributed by atoms with Crippen LogP contribution in [-0.2, 0) is 6.54 Å². The van der Waals surface area contributed by atoms with Crippen LogP contribution >= 0.6 is 24.0 Å². The number of pyridine rings is 1. The second kappa shape index (κ2) is 9.16. The van der Waals surface area contributed by atoms with Gasteiger partial charge in [-0.3, -0.25) is 4.40 Å².